The van der Waals surface area contributed by atoms with E-state index < -0.39 is 0 Å². The molecule has 1 N–H and O–H groups in total. The van der Waals surface area contributed by atoms with Gasteiger partial charge in [0.2, 0.25) is 5.78 Å². The number of pyridine rings is 1. The van der Waals surface area contributed by atoms with Crippen LogP contribution in [0, 0.1) is 0 Å². The van der Waals surface area contributed by atoms with Crippen molar-refractivity contribution in [3.8, 4) is 11.4 Å². The molecule has 0 aliphatic carbocycles. The summed E-state index contributed by atoms with van der Waals surface area (Å²) in [6, 6.07) is 5.71. The summed E-state index contributed by atoms with van der Waals surface area (Å²) in [6.45, 7) is 0. The summed E-state index contributed by atoms with van der Waals surface area (Å²) >= 11 is 1.54. The number of imidazole rings is 1. The van der Waals surface area contributed by atoms with Crippen LogP contribution >= 0.6 is 28.3 Å². The number of hydrogen-bond acceptors (Lipinski definition) is 6. The number of anilines is 2. The van der Waals surface area contributed by atoms with Crippen molar-refractivity contribution >= 4 is 44.9 Å². The maximum atomic E-state index is 4.59. The molecule has 8 heteroatoms. The zero-order valence-corrected chi connectivity index (χ0v) is 13.8. The quantitative estimate of drug-likeness (QED) is 0.593. The average molecular weight is 375 g/mol. The molecule has 0 atom stereocenters. The van der Waals surface area contributed by atoms with Gasteiger partial charge in [-0.15, -0.1) is 28.3 Å². The third-order valence-corrected chi connectivity index (χ3v) is 3.73. The minimum atomic E-state index is 0. The second kappa shape index (κ2) is 6.20. The zero-order chi connectivity index (χ0) is 14.1. The molecular weight excluding hydrogens is 364 g/mol. The van der Waals surface area contributed by atoms with E-state index in [4.69, 9.17) is 0 Å². The third-order valence-electron chi connectivity index (χ3n) is 2.97. The van der Waals surface area contributed by atoms with E-state index in [1.54, 1.807) is 24.8 Å². The number of nitrogens with zero attached hydrogens (tertiary/aromatic N) is 5. The van der Waals surface area contributed by atoms with Gasteiger partial charge in [0.1, 0.15) is 5.69 Å². The van der Waals surface area contributed by atoms with Gasteiger partial charge in [0.05, 0.1) is 23.8 Å². The van der Waals surface area contributed by atoms with E-state index in [0.717, 1.165) is 22.2 Å². The normalized spacial score (nSPS) is 10.4. The SMILES string of the molecule is Br.c1cncc(Nc2nc(-c3cnc4ncccn34)cs2)c1. The average Bonchev–Trinajstić information content (AvgIpc) is 3.14. The van der Waals surface area contributed by atoms with Crippen LogP contribution in [0.25, 0.3) is 17.2 Å². The van der Waals surface area contributed by atoms with Crippen molar-refractivity contribution in [3.05, 3.63) is 54.6 Å². The first-order valence-electron chi connectivity index (χ1n) is 6.31. The Bertz CT molecular complexity index is 888. The number of fused-ring (bicyclic) bond motifs is 1. The van der Waals surface area contributed by atoms with Crippen molar-refractivity contribution in [1.82, 2.24) is 24.3 Å². The molecule has 0 unspecified atom stereocenters. The van der Waals surface area contributed by atoms with Crippen molar-refractivity contribution in [1.29, 1.82) is 0 Å². The molecule has 0 saturated carbocycles. The van der Waals surface area contributed by atoms with Gasteiger partial charge < -0.3 is 5.32 Å². The van der Waals surface area contributed by atoms with Gasteiger partial charge in [0, 0.05) is 24.0 Å². The Morgan fingerprint density at radius 2 is 2.05 bits per heavy atom. The molecule has 0 aromatic carbocycles. The zero-order valence-electron chi connectivity index (χ0n) is 11.2. The van der Waals surface area contributed by atoms with Crippen molar-refractivity contribution in [3.63, 3.8) is 0 Å². The third kappa shape index (κ3) is 2.70. The largest absolute Gasteiger partial charge is 0.330 e. The van der Waals surface area contributed by atoms with Crippen LogP contribution in [0.4, 0.5) is 10.8 Å². The second-order valence-corrected chi connectivity index (χ2v) is 5.20. The Labute approximate surface area is 140 Å². The van der Waals surface area contributed by atoms with Crippen LogP contribution in [0.1, 0.15) is 0 Å². The molecule has 0 aliphatic heterocycles. The van der Waals surface area contributed by atoms with Crippen LogP contribution in [-0.4, -0.2) is 24.3 Å². The van der Waals surface area contributed by atoms with Crippen LogP contribution < -0.4 is 5.32 Å². The summed E-state index contributed by atoms with van der Waals surface area (Å²) in [5, 5.41) is 6.05. The maximum absolute atomic E-state index is 4.59. The van der Waals surface area contributed by atoms with Crippen molar-refractivity contribution in [2.45, 2.75) is 0 Å². The molecule has 110 valence electrons. The Morgan fingerprint density at radius 3 is 2.91 bits per heavy atom. The highest BCUT2D eigenvalue weighted by Gasteiger charge is 2.10. The van der Waals surface area contributed by atoms with Gasteiger partial charge in [-0.25, -0.2) is 15.0 Å². The first-order chi connectivity index (χ1) is 10.4. The number of rotatable bonds is 3. The van der Waals surface area contributed by atoms with Gasteiger partial charge in [-0.05, 0) is 18.2 Å². The van der Waals surface area contributed by atoms with Crippen LogP contribution in [0.15, 0.2) is 54.6 Å². The molecular formula is C14H11BrN6S. The lowest BCUT2D eigenvalue weighted by Gasteiger charge is -2.00. The highest BCUT2D eigenvalue weighted by molar-refractivity contribution is 8.93. The van der Waals surface area contributed by atoms with E-state index in [1.807, 2.05) is 34.2 Å². The number of aromatic nitrogens is 5. The smallest absolute Gasteiger partial charge is 0.234 e. The predicted molar refractivity (Wildman–Crippen MR) is 91.9 cm³/mol. The highest BCUT2D eigenvalue weighted by Crippen LogP contribution is 2.27. The monoisotopic (exact) mass is 374 g/mol. The van der Waals surface area contributed by atoms with E-state index >= 15 is 0 Å². The minimum absolute atomic E-state index is 0. The lowest BCUT2D eigenvalue weighted by Crippen LogP contribution is -1.91. The van der Waals surface area contributed by atoms with Crippen LogP contribution in [0.5, 0.6) is 0 Å². The molecule has 4 rings (SSSR count). The number of nitrogens with one attached hydrogen (secondary N) is 1. The fraction of sp³-hybridized carbons (Fsp3) is 0. The number of halogens is 1. The lowest BCUT2D eigenvalue weighted by molar-refractivity contribution is 1.11. The molecule has 0 bridgehead atoms. The molecule has 4 aromatic heterocycles. The molecule has 4 aromatic rings. The van der Waals surface area contributed by atoms with Gasteiger partial charge in [-0.1, -0.05) is 0 Å². The first kappa shape index (κ1) is 14.6. The fourth-order valence-corrected chi connectivity index (χ4v) is 2.75. The Balaban J connectivity index is 0.00000144. The second-order valence-electron chi connectivity index (χ2n) is 4.34. The molecule has 0 saturated heterocycles. The molecule has 0 radical (unpaired) electrons. The van der Waals surface area contributed by atoms with Crippen LogP contribution in [0.2, 0.25) is 0 Å². The predicted octanol–water partition coefficient (Wildman–Crippen LogP) is 3.57. The summed E-state index contributed by atoms with van der Waals surface area (Å²) in [7, 11) is 0. The van der Waals surface area contributed by atoms with Gasteiger partial charge in [-0.3, -0.25) is 9.38 Å². The summed E-state index contributed by atoms with van der Waals surface area (Å²) in [6.07, 6.45) is 8.94. The summed E-state index contributed by atoms with van der Waals surface area (Å²) in [5.41, 5.74) is 2.71. The molecule has 6 nitrogen and oxygen atoms in total. The summed E-state index contributed by atoms with van der Waals surface area (Å²) in [5.74, 6) is 0.669. The fourth-order valence-electron chi connectivity index (χ4n) is 2.03. The maximum Gasteiger partial charge on any atom is 0.234 e. The van der Waals surface area contributed by atoms with E-state index in [1.165, 1.54) is 11.3 Å². The Kier molecular flexibility index (Phi) is 4.12. The van der Waals surface area contributed by atoms with Gasteiger partial charge in [0.15, 0.2) is 5.13 Å². The standard InChI is InChI=1S/C14H10N6S.BrH/c1-3-10(7-15-4-1)18-14-19-11(9-21-14)12-8-17-13-16-5-2-6-20(12)13;/h1-9H,(H,18,19);1H. The van der Waals surface area contributed by atoms with Crippen LogP contribution in [0.3, 0.4) is 0 Å². The van der Waals surface area contributed by atoms with E-state index in [9.17, 15) is 0 Å². The molecule has 0 spiro atoms. The Hall–Kier alpha value is -2.32. The van der Waals surface area contributed by atoms with E-state index in [0.29, 0.717) is 5.78 Å². The molecule has 22 heavy (non-hydrogen) atoms. The molecule has 0 fully saturated rings. The summed E-state index contributed by atoms with van der Waals surface area (Å²) in [4.78, 5) is 17.1. The molecule has 0 aliphatic rings. The summed E-state index contributed by atoms with van der Waals surface area (Å²) < 4.78 is 1.92. The first-order valence-corrected chi connectivity index (χ1v) is 7.19. The van der Waals surface area contributed by atoms with Crippen molar-refractivity contribution < 1.29 is 0 Å². The highest BCUT2D eigenvalue weighted by atomic mass is 79.9. The van der Waals surface area contributed by atoms with E-state index in [-0.39, 0.29) is 17.0 Å². The van der Waals surface area contributed by atoms with Crippen LogP contribution in [-0.2, 0) is 0 Å². The molecule has 4 heterocycles. The lowest BCUT2D eigenvalue weighted by atomic mass is 10.4. The number of hydrogen-bond donors (Lipinski definition) is 1. The van der Waals surface area contributed by atoms with Gasteiger partial charge in [-0.2, -0.15) is 0 Å². The van der Waals surface area contributed by atoms with Gasteiger partial charge in [0.25, 0.3) is 0 Å². The minimum Gasteiger partial charge on any atom is -0.330 e. The topological polar surface area (TPSA) is 68.0 Å². The van der Waals surface area contributed by atoms with Crippen molar-refractivity contribution in [2.24, 2.45) is 0 Å². The Morgan fingerprint density at radius 1 is 1.09 bits per heavy atom. The van der Waals surface area contributed by atoms with Crippen molar-refractivity contribution in [2.75, 3.05) is 5.32 Å². The van der Waals surface area contributed by atoms with E-state index in [2.05, 4.69) is 25.3 Å². The molecule has 0 amide bonds. The number of thiazole rings is 1. The van der Waals surface area contributed by atoms with Gasteiger partial charge >= 0.3 is 0 Å².